The molecular weight excluding hydrogens is 376 g/mol. The number of hydrogen-bond acceptors (Lipinski definition) is 6. The largest absolute Gasteiger partial charge is 0.497 e. The van der Waals surface area contributed by atoms with Gasteiger partial charge in [0.2, 0.25) is 0 Å². The SMILES string of the molecule is CCOc1ccccc1N1C(=O)NC(=O)/C(=C\c2cc(OC)ccc2OC)C1=O. The van der Waals surface area contributed by atoms with Gasteiger partial charge in [-0.1, -0.05) is 12.1 Å². The average molecular weight is 396 g/mol. The number of amides is 4. The smallest absolute Gasteiger partial charge is 0.336 e. The van der Waals surface area contributed by atoms with Gasteiger partial charge in [-0.25, -0.2) is 9.69 Å². The number of para-hydroxylation sites is 2. The standard InChI is InChI=1S/C21H20N2O6/c1-4-29-18-8-6-5-7-16(18)23-20(25)15(19(24)22-21(23)26)12-13-11-14(27-2)9-10-17(13)28-3/h5-12H,4H2,1-3H3,(H,22,24,26)/b15-12+. The summed E-state index contributed by atoms with van der Waals surface area (Å²) in [5.41, 5.74) is 0.480. The summed E-state index contributed by atoms with van der Waals surface area (Å²) in [4.78, 5) is 38.8. The molecule has 0 radical (unpaired) electrons. The normalized spacial score (nSPS) is 15.3. The van der Waals surface area contributed by atoms with Crippen LogP contribution in [0.2, 0.25) is 0 Å². The van der Waals surface area contributed by atoms with Gasteiger partial charge in [0.05, 0.1) is 26.5 Å². The molecule has 0 atom stereocenters. The van der Waals surface area contributed by atoms with Crippen molar-refractivity contribution in [1.29, 1.82) is 0 Å². The number of nitrogens with one attached hydrogen (secondary N) is 1. The number of nitrogens with zero attached hydrogens (tertiary/aromatic N) is 1. The van der Waals surface area contributed by atoms with Crippen molar-refractivity contribution in [3.63, 3.8) is 0 Å². The Hall–Kier alpha value is -3.81. The average Bonchev–Trinajstić information content (AvgIpc) is 2.72. The highest BCUT2D eigenvalue weighted by Crippen LogP contribution is 2.32. The summed E-state index contributed by atoms with van der Waals surface area (Å²) >= 11 is 0. The van der Waals surface area contributed by atoms with Crippen LogP contribution in [0.4, 0.5) is 10.5 Å². The molecule has 1 aliphatic rings. The molecule has 8 nitrogen and oxygen atoms in total. The van der Waals surface area contributed by atoms with E-state index in [1.165, 1.54) is 20.3 Å². The van der Waals surface area contributed by atoms with Gasteiger partial charge in [-0.3, -0.25) is 14.9 Å². The molecule has 1 aliphatic heterocycles. The Morgan fingerprint density at radius 3 is 2.45 bits per heavy atom. The molecule has 4 amide bonds. The van der Waals surface area contributed by atoms with Crippen LogP contribution in [-0.4, -0.2) is 38.7 Å². The Kier molecular flexibility index (Phi) is 5.82. The Morgan fingerprint density at radius 1 is 1.00 bits per heavy atom. The van der Waals surface area contributed by atoms with Gasteiger partial charge in [-0.15, -0.1) is 0 Å². The minimum atomic E-state index is -0.845. The lowest BCUT2D eigenvalue weighted by Gasteiger charge is -2.27. The van der Waals surface area contributed by atoms with Gasteiger partial charge in [-0.05, 0) is 43.3 Å². The highest BCUT2D eigenvalue weighted by molar-refractivity contribution is 6.39. The van der Waals surface area contributed by atoms with Crippen LogP contribution in [0.15, 0.2) is 48.0 Å². The van der Waals surface area contributed by atoms with Crippen molar-refractivity contribution in [3.05, 3.63) is 53.6 Å². The molecule has 29 heavy (non-hydrogen) atoms. The van der Waals surface area contributed by atoms with E-state index >= 15 is 0 Å². The Bertz CT molecular complexity index is 998. The Balaban J connectivity index is 2.08. The molecule has 0 spiro atoms. The van der Waals surface area contributed by atoms with E-state index in [0.717, 1.165) is 4.90 Å². The third kappa shape index (κ3) is 3.91. The van der Waals surface area contributed by atoms with Crippen molar-refractivity contribution < 1.29 is 28.6 Å². The molecule has 1 heterocycles. The summed E-state index contributed by atoms with van der Waals surface area (Å²) in [6.07, 6.45) is 1.36. The number of imide groups is 2. The van der Waals surface area contributed by atoms with Crippen LogP contribution in [0.25, 0.3) is 6.08 Å². The van der Waals surface area contributed by atoms with E-state index < -0.39 is 17.8 Å². The summed E-state index contributed by atoms with van der Waals surface area (Å²) < 4.78 is 16.0. The summed E-state index contributed by atoms with van der Waals surface area (Å²) in [5.74, 6) is -0.245. The first-order chi connectivity index (χ1) is 14.0. The molecule has 1 fully saturated rings. The number of anilines is 1. The van der Waals surface area contributed by atoms with Gasteiger partial charge < -0.3 is 14.2 Å². The van der Waals surface area contributed by atoms with Gasteiger partial charge >= 0.3 is 6.03 Å². The van der Waals surface area contributed by atoms with Gasteiger partial charge in [-0.2, -0.15) is 0 Å². The zero-order chi connectivity index (χ0) is 21.0. The molecule has 0 aromatic heterocycles. The second-order valence-electron chi connectivity index (χ2n) is 5.97. The van der Waals surface area contributed by atoms with E-state index in [0.29, 0.717) is 29.4 Å². The van der Waals surface area contributed by atoms with Crippen LogP contribution < -0.4 is 24.4 Å². The number of carbonyl (C=O) groups excluding carboxylic acids is 3. The third-order valence-electron chi connectivity index (χ3n) is 4.24. The number of urea groups is 1. The van der Waals surface area contributed by atoms with Crippen molar-refractivity contribution in [2.45, 2.75) is 6.92 Å². The first-order valence-electron chi connectivity index (χ1n) is 8.85. The molecule has 0 saturated carbocycles. The Morgan fingerprint density at radius 2 is 1.76 bits per heavy atom. The molecule has 1 N–H and O–H groups in total. The zero-order valence-electron chi connectivity index (χ0n) is 16.2. The summed E-state index contributed by atoms with van der Waals surface area (Å²) in [6.45, 7) is 2.14. The molecule has 0 aliphatic carbocycles. The van der Waals surface area contributed by atoms with Crippen LogP contribution >= 0.6 is 0 Å². The number of barbiturate groups is 1. The topological polar surface area (TPSA) is 94.2 Å². The quantitative estimate of drug-likeness (QED) is 0.596. The maximum Gasteiger partial charge on any atom is 0.336 e. The van der Waals surface area contributed by atoms with Gasteiger partial charge in [0.15, 0.2) is 0 Å². The predicted molar refractivity (Wildman–Crippen MR) is 106 cm³/mol. The molecule has 3 rings (SSSR count). The van der Waals surface area contributed by atoms with Crippen molar-refractivity contribution in [2.24, 2.45) is 0 Å². The molecule has 1 saturated heterocycles. The summed E-state index contributed by atoms with van der Waals surface area (Å²) in [6, 6.07) is 10.7. The van der Waals surface area contributed by atoms with Crippen LogP contribution in [-0.2, 0) is 9.59 Å². The van der Waals surface area contributed by atoms with E-state index in [1.54, 1.807) is 49.4 Å². The van der Waals surface area contributed by atoms with E-state index in [1.807, 2.05) is 0 Å². The zero-order valence-corrected chi connectivity index (χ0v) is 16.2. The number of hydrogen-bond donors (Lipinski definition) is 1. The van der Waals surface area contributed by atoms with Crippen LogP contribution in [0.3, 0.4) is 0 Å². The van der Waals surface area contributed by atoms with Crippen molar-refractivity contribution >= 4 is 29.6 Å². The predicted octanol–water partition coefficient (Wildman–Crippen LogP) is 2.77. The minimum absolute atomic E-state index is 0.220. The Labute approximate surface area is 167 Å². The van der Waals surface area contributed by atoms with Crippen LogP contribution in [0, 0.1) is 0 Å². The van der Waals surface area contributed by atoms with Crippen molar-refractivity contribution in [3.8, 4) is 17.2 Å². The second kappa shape index (κ2) is 8.47. The second-order valence-corrected chi connectivity index (χ2v) is 5.97. The molecular formula is C21H20N2O6. The van der Waals surface area contributed by atoms with E-state index in [9.17, 15) is 14.4 Å². The lowest BCUT2D eigenvalue weighted by molar-refractivity contribution is -0.122. The highest BCUT2D eigenvalue weighted by atomic mass is 16.5. The van der Waals surface area contributed by atoms with Crippen LogP contribution in [0.1, 0.15) is 12.5 Å². The van der Waals surface area contributed by atoms with Gasteiger partial charge in [0.25, 0.3) is 11.8 Å². The molecule has 0 unspecified atom stereocenters. The molecule has 8 heteroatoms. The number of ether oxygens (including phenoxy) is 3. The van der Waals surface area contributed by atoms with E-state index in [4.69, 9.17) is 14.2 Å². The van der Waals surface area contributed by atoms with E-state index in [2.05, 4.69) is 5.32 Å². The van der Waals surface area contributed by atoms with Gasteiger partial charge in [0.1, 0.15) is 22.8 Å². The fourth-order valence-electron chi connectivity index (χ4n) is 2.90. The number of rotatable bonds is 6. The third-order valence-corrected chi connectivity index (χ3v) is 4.24. The van der Waals surface area contributed by atoms with Crippen molar-refractivity contribution in [2.75, 3.05) is 25.7 Å². The maximum absolute atomic E-state index is 13.1. The van der Waals surface area contributed by atoms with Gasteiger partial charge in [0, 0.05) is 5.56 Å². The monoisotopic (exact) mass is 396 g/mol. The lowest BCUT2D eigenvalue weighted by Crippen LogP contribution is -2.54. The number of methoxy groups -OCH3 is 2. The fraction of sp³-hybridized carbons (Fsp3) is 0.190. The molecule has 2 aromatic rings. The number of carbonyl (C=O) groups is 3. The van der Waals surface area contributed by atoms with E-state index in [-0.39, 0.29) is 11.3 Å². The lowest BCUT2D eigenvalue weighted by atomic mass is 10.1. The maximum atomic E-state index is 13.1. The molecule has 2 aromatic carbocycles. The number of benzene rings is 2. The van der Waals surface area contributed by atoms with Crippen LogP contribution in [0.5, 0.6) is 17.2 Å². The highest BCUT2D eigenvalue weighted by Gasteiger charge is 2.38. The summed E-state index contributed by atoms with van der Waals surface area (Å²) in [7, 11) is 2.98. The summed E-state index contributed by atoms with van der Waals surface area (Å²) in [5, 5.41) is 2.20. The first kappa shape index (κ1) is 19.9. The first-order valence-corrected chi connectivity index (χ1v) is 8.85. The molecule has 0 bridgehead atoms. The minimum Gasteiger partial charge on any atom is -0.497 e. The fourth-order valence-corrected chi connectivity index (χ4v) is 2.90. The van der Waals surface area contributed by atoms with Crippen molar-refractivity contribution in [1.82, 2.24) is 5.32 Å². The molecule has 150 valence electrons.